The van der Waals surface area contributed by atoms with Gasteiger partial charge in [0.2, 0.25) is 0 Å². The normalized spacial score (nSPS) is 19.8. The van der Waals surface area contributed by atoms with Gasteiger partial charge in [0.15, 0.2) is 0 Å². The van der Waals surface area contributed by atoms with Gasteiger partial charge in [-0.25, -0.2) is 0 Å². The number of aliphatic carboxylic acids is 1. The summed E-state index contributed by atoms with van der Waals surface area (Å²) in [5.74, 6) is -0.784. The van der Waals surface area contributed by atoms with Gasteiger partial charge in [-0.2, -0.15) is 0 Å². The predicted octanol–water partition coefficient (Wildman–Crippen LogP) is 4.42. The molecular formula is C18H18Cl2N2O2. The van der Waals surface area contributed by atoms with Crippen LogP contribution in [0.3, 0.4) is 0 Å². The molecule has 1 N–H and O–H groups in total. The van der Waals surface area contributed by atoms with Crippen LogP contribution >= 0.6 is 23.2 Å². The number of carbonyl (C=O) groups is 1. The van der Waals surface area contributed by atoms with Crippen molar-refractivity contribution < 1.29 is 9.90 Å². The molecule has 1 fully saturated rings. The monoisotopic (exact) mass is 364 g/mol. The summed E-state index contributed by atoms with van der Waals surface area (Å²) in [6, 6.07) is 8.62. The molecular weight excluding hydrogens is 347 g/mol. The Hall–Kier alpha value is -1.62. The van der Waals surface area contributed by atoms with Crippen molar-refractivity contribution in [3.8, 4) is 0 Å². The van der Waals surface area contributed by atoms with Gasteiger partial charge < -0.3 is 5.11 Å². The van der Waals surface area contributed by atoms with Crippen LogP contribution in [0.15, 0.2) is 42.7 Å². The van der Waals surface area contributed by atoms with Crippen LogP contribution in [0.1, 0.15) is 36.4 Å². The van der Waals surface area contributed by atoms with Gasteiger partial charge in [-0.1, -0.05) is 35.7 Å². The van der Waals surface area contributed by atoms with E-state index in [0.29, 0.717) is 16.5 Å². The first-order valence-corrected chi connectivity index (χ1v) is 8.67. The highest BCUT2D eigenvalue weighted by Crippen LogP contribution is 2.36. The number of pyridine rings is 1. The Kier molecular flexibility index (Phi) is 5.39. The molecule has 1 aromatic heterocycles. The zero-order chi connectivity index (χ0) is 17.1. The third-order valence-corrected chi connectivity index (χ3v) is 5.18. The first-order valence-electron chi connectivity index (χ1n) is 7.91. The Morgan fingerprint density at radius 1 is 1.12 bits per heavy atom. The molecule has 2 aromatic rings. The highest BCUT2D eigenvalue weighted by Gasteiger charge is 2.35. The molecule has 0 saturated carbocycles. The summed E-state index contributed by atoms with van der Waals surface area (Å²) in [6.07, 6.45) is 6.00. The molecule has 0 bridgehead atoms. The molecule has 1 saturated heterocycles. The van der Waals surface area contributed by atoms with Crippen molar-refractivity contribution in [1.82, 2.24) is 9.88 Å². The third kappa shape index (κ3) is 3.56. The molecule has 1 aliphatic rings. The summed E-state index contributed by atoms with van der Waals surface area (Å²) in [7, 11) is 0. The van der Waals surface area contributed by atoms with Crippen LogP contribution in [-0.4, -0.2) is 33.5 Å². The molecule has 1 aliphatic heterocycles. The summed E-state index contributed by atoms with van der Waals surface area (Å²) >= 11 is 12.3. The van der Waals surface area contributed by atoms with Crippen LogP contribution in [0.25, 0.3) is 0 Å². The minimum atomic E-state index is -0.784. The topological polar surface area (TPSA) is 53.4 Å². The summed E-state index contributed by atoms with van der Waals surface area (Å²) in [4.78, 5) is 17.9. The van der Waals surface area contributed by atoms with E-state index in [2.05, 4.69) is 4.98 Å². The van der Waals surface area contributed by atoms with E-state index in [1.807, 2.05) is 29.2 Å². The quantitative estimate of drug-likeness (QED) is 0.872. The second kappa shape index (κ2) is 7.51. The Labute approximate surface area is 151 Å². The number of benzene rings is 1. The molecule has 0 amide bonds. The van der Waals surface area contributed by atoms with E-state index >= 15 is 0 Å². The largest absolute Gasteiger partial charge is 0.480 e. The molecule has 2 heterocycles. The first kappa shape index (κ1) is 17.2. The number of halogens is 2. The molecule has 1 aromatic carbocycles. The fourth-order valence-electron chi connectivity index (χ4n) is 3.33. The predicted molar refractivity (Wildman–Crippen MR) is 94.5 cm³/mol. The maximum Gasteiger partial charge on any atom is 0.320 e. The first-order chi connectivity index (χ1) is 11.6. The number of rotatable bonds is 4. The van der Waals surface area contributed by atoms with Crippen LogP contribution in [0.2, 0.25) is 10.0 Å². The zero-order valence-corrected chi connectivity index (χ0v) is 14.5. The number of aromatic nitrogens is 1. The van der Waals surface area contributed by atoms with Crippen molar-refractivity contribution in [2.24, 2.45) is 0 Å². The number of hydrogen-bond acceptors (Lipinski definition) is 3. The van der Waals surface area contributed by atoms with E-state index in [0.717, 1.165) is 30.5 Å². The number of carboxylic acids is 1. The lowest BCUT2D eigenvalue weighted by molar-refractivity contribution is -0.145. The fourth-order valence-corrected chi connectivity index (χ4v) is 3.64. The van der Waals surface area contributed by atoms with E-state index in [-0.39, 0.29) is 6.04 Å². The van der Waals surface area contributed by atoms with Crippen molar-refractivity contribution in [3.63, 3.8) is 0 Å². The van der Waals surface area contributed by atoms with E-state index in [4.69, 9.17) is 23.2 Å². The molecule has 2 atom stereocenters. The molecule has 0 aliphatic carbocycles. The fraction of sp³-hybridized carbons (Fsp3) is 0.333. The van der Waals surface area contributed by atoms with Gasteiger partial charge in [-0.15, -0.1) is 0 Å². The summed E-state index contributed by atoms with van der Waals surface area (Å²) in [5, 5.41) is 10.6. The van der Waals surface area contributed by atoms with Gasteiger partial charge in [-0.3, -0.25) is 14.7 Å². The smallest absolute Gasteiger partial charge is 0.320 e. The van der Waals surface area contributed by atoms with Crippen molar-refractivity contribution in [3.05, 3.63) is 63.9 Å². The Morgan fingerprint density at radius 2 is 1.88 bits per heavy atom. The van der Waals surface area contributed by atoms with E-state index in [9.17, 15) is 9.90 Å². The lowest BCUT2D eigenvalue weighted by Gasteiger charge is -2.39. The lowest BCUT2D eigenvalue weighted by atomic mass is 9.92. The number of likely N-dealkylation sites (tertiary alicyclic amines) is 1. The van der Waals surface area contributed by atoms with Gasteiger partial charge in [0.1, 0.15) is 6.04 Å². The summed E-state index contributed by atoms with van der Waals surface area (Å²) in [5.41, 5.74) is 1.93. The molecule has 24 heavy (non-hydrogen) atoms. The standard InChI is InChI=1S/C18H18Cl2N2O2/c19-14-5-4-13(11-15(14)20)17(12-6-8-21-9-7-12)22-10-2-1-3-16(22)18(23)24/h4-9,11,16-17H,1-3,10H2,(H,23,24). The maximum absolute atomic E-state index is 11.8. The minimum absolute atomic E-state index is 0.191. The number of nitrogens with zero attached hydrogens (tertiary/aromatic N) is 2. The van der Waals surface area contributed by atoms with Crippen LogP contribution in [0.5, 0.6) is 0 Å². The second-order valence-electron chi connectivity index (χ2n) is 5.94. The Balaban J connectivity index is 2.07. The summed E-state index contributed by atoms with van der Waals surface area (Å²) < 4.78 is 0. The number of hydrogen-bond donors (Lipinski definition) is 1. The van der Waals surface area contributed by atoms with Crippen LogP contribution in [0.4, 0.5) is 0 Å². The van der Waals surface area contributed by atoms with E-state index < -0.39 is 12.0 Å². The van der Waals surface area contributed by atoms with Crippen molar-refractivity contribution >= 4 is 29.2 Å². The maximum atomic E-state index is 11.8. The van der Waals surface area contributed by atoms with Gasteiger partial charge in [0, 0.05) is 12.4 Å². The molecule has 4 nitrogen and oxygen atoms in total. The molecule has 0 radical (unpaired) electrons. The second-order valence-corrected chi connectivity index (χ2v) is 6.76. The lowest BCUT2D eigenvalue weighted by Crippen LogP contribution is -2.46. The Morgan fingerprint density at radius 3 is 2.54 bits per heavy atom. The van der Waals surface area contributed by atoms with Crippen LogP contribution in [0, 0.1) is 0 Å². The average Bonchev–Trinajstić information content (AvgIpc) is 2.59. The Bertz CT molecular complexity index is 724. The third-order valence-electron chi connectivity index (χ3n) is 4.44. The SMILES string of the molecule is O=C(O)C1CCCCN1C(c1ccncc1)c1ccc(Cl)c(Cl)c1. The zero-order valence-electron chi connectivity index (χ0n) is 13.0. The minimum Gasteiger partial charge on any atom is -0.480 e. The number of piperidine rings is 1. The van der Waals surface area contributed by atoms with E-state index in [1.54, 1.807) is 18.5 Å². The van der Waals surface area contributed by atoms with Gasteiger partial charge in [0.25, 0.3) is 0 Å². The van der Waals surface area contributed by atoms with Gasteiger partial charge >= 0.3 is 5.97 Å². The molecule has 6 heteroatoms. The highest BCUT2D eigenvalue weighted by atomic mass is 35.5. The summed E-state index contributed by atoms with van der Waals surface area (Å²) in [6.45, 7) is 0.726. The highest BCUT2D eigenvalue weighted by molar-refractivity contribution is 6.42. The van der Waals surface area contributed by atoms with Crippen molar-refractivity contribution in [2.75, 3.05) is 6.54 Å². The molecule has 2 unspecified atom stereocenters. The van der Waals surface area contributed by atoms with Gasteiger partial charge in [-0.05, 0) is 54.8 Å². The van der Waals surface area contributed by atoms with Gasteiger partial charge in [0.05, 0.1) is 16.1 Å². The van der Waals surface area contributed by atoms with Crippen molar-refractivity contribution in [2.45, 2.75) is 31.3 Å². The van der Waals surface area contributed by atoms with Crippen LogP contribution in [-0.2, 0) is 4.79 Å². The molecule has 126 valence electrons. The molecule has 3 rings (SSSR count). The van der Waals surface area contributed by atoms with Crippen LogP contribution < -0.4 is 0 Å². The van der Waals surface area contributed by atoms with E-state index in [1.165, 1.54) is 0 Å². The van der Waals surface area contributed by atoms with Crippen molar-refractivity contribution in [1.29, 1.82) is 0 Å². The molecule has 0 spiro atoms. The number of carboxylic acid groups (broad SMARTS) is 1. The average molecular weight is 365 g/mol.